The van der Waals surface area contributed by atoms with Gasteiger partial charge < -0.3 is 9.88 Å². The van der Waals surface area contributed by atoms with Gasteiger partial charge in [-0.15, -0.1) is 0 Å². The van der Waals surface area contributed by atoms with E-state index in [1.165, 1.54) is 24.4 Å². The third-order valence-electron chi connectivity index (χ3n) is 4.06. The smallest absolute Gasteiger partial charge is 0.293 e. The summed E-state index contributed by atoms with van der Waals surface area (Å²) in [6.07, 6.45) is 4.74. The Balaban J connectivity index is 1.92. The Bertz CT molecular complexity index is 1080. The summed E-state index contributed by atoms with van der Waals surface area (Å²) in [5.41, 5.74) is 1.71. The van der Waals surface area contributed by atoms with Crippen molar-refractivity contribution in [2.24, 2.45) is 7.05 Å². The summed E-state index contributed by atoms with van der Waals surface area (Å²) in [5, 5.41) is 14.6. The molecule has 0 aliphatic rings. The highest BCUT2D eigenvalue weighted by atomic mass is 32.2. The lowest BCUT2D eigenvalue weighted by Crippen LogP contribution is -2.09. The maximum Gasteiger partial charge on any atom is 0.293 e. The van der Waals surface area contributed by atoms with Crippen LogP contribution in [-0.2, 0) is 23.6 Å². The molecule has 144 valence electrons. The largest absolute Gasteiger partial charge is 0.350 e. The Labute approximate surface area is 163 Å². The summed E-state index contributed by atoms with van der Waals surface area (Å²) < 4.78 is 13.0. The number of ketones is 1. The summed E-state index contributed by atoms with van der Waals surface area (Å²) in [6.45, 7) is 0. The van der Waals surface area contributed by atoms with Gasteiger partial charge in [0.1, 0.15) is 5.69 Å². The first kappa shape index (κ1) is 19.4. The molecule has 1 heterocycles. The van der Waals surface area contributed by atoms with Crippen LogP contribution in [0.15, 0.2) is 54.9 Å². The van der Waals surface area contributed by atoms with E-state index in [2.05, 4.69) is 10.3 Å². The van der Waals surface area contributed by atoms with Crippen molar-refractivity contribution >= 4 is 33.6 Å². The van der Waals surface area contributed by atoms with Gasteiger partial charge >= 0.3 is 0 Å². The molecule has 0 aliphatic carbocycles. The van der Waals surface area contributed by atoms with Crippen LogP contribution in [0.2, 0.25) is 0 Å². The minimum Gasteiger partial charge on any atom is -0.350 e. The molecule has 0 bridgehead atoms. The highest BCUT2D eigenvalue weighted by molar-refractivity contribution is 7.83. The minimum atomic E-state index is -0.990. The maximum absolute atomic E-state index is 12.6. The number of aryl methyl sites for hydroxylation is 1. The molecule has 2 aromatic carbocycles. The van der Waals surface area contributed by atoms with Crippen LogP contribution in [0.4, 0.5) is 17.1 Å². The summed E-state index contributed by atoms with van der Waals surface area (Å²) in [7, 11) is 0.692. The van der Waals surface area contributed by atoms with Gasteiger partial charge in [0.15, 0.2) is 5.82 Å². The molecule has 0 aliphatic heterocycles. The van der Waals surface area contributed by atoms with Gasteiger partial charge in [0, 0.05) is 59.6 Å². The minimum absolute atomic E-state index is 0.182. The molecule has 0 radical (unpaired) electrons. The molecular weight excluding hydrogens is 380 g/mol. The molecule has 0 amide bonds. The first-order valence-electron chi connectivity index (χ1n) is 8.31. The van der Waals surface area contributed by atoms with E-state index in [1.807, 2.05) is 6.07 Å². The number of anilines is 2. The number of hydrogen-bond donors (Lipinski definition) is 1. The van der Waals surface area contributed by atoms with Crippen molar-refractivity contribution in [1.82, 2.24) is 9.55 Å². The van der Waals surface area contributed by atoms with E-state index < -0.39 is 21.5 Å². The van der Waals surface area contributed by atoms with Crippen LogP contribution in [0.3, 0.4) is 0 Å². The Kier molecular flexibility index (Phi) is 5.65. The first-order valence-corrected chi connectivity index (χ1v) is 10.0. The van der Waals surface area contributed by atoms with Crippen LogP contribution in [0.25, 0.3) is 0 Å². The average Bonchev–Trinajstić information content (AvgIpc) is 3.07. The molecule has 3 aromatic rings. The van der Waals surface area contributed by atoms with Crippen LogP contribution in [0.5, 0.6) is 0 Å². The van der Waals surface area contributed by atoms with E-state index in [9.17, 15) is 19.1 Å². The van der Waals surface area contributed by atoms with Crippen molar-refractivity contribution in [3.8, 4) is 0 Å². The molecule has 8 nitrogen and oxygen atoms in total. The second-order valence-electron chi connectivity index (χ2n) is 6.22. The molecule has 1 N–H and O–H groups in total. The Morgan fingerprint density at radius 3 is 2.71 bits per heavy atom. The van der Waals surface area contributed by atoms with Crippen LogP contribution in [-0.4, -0.2) is 30.7 Å². The van der Waals surface area contributed by atoms with Gasteiger partial charge in [0.2, 0.25) is 5.78 Å². The molecule has 9 heteroatoms. The summed E-state index contributed by atoms with van der Waals surface area (Å²) in [4.78, 5) is 27.6. The van der Waals surface area contributed by atoms with Gasteiger partial charge in [-0.1, -0.05) is 12.1 Å². The van der Waals surface area contributed by atoms with E-state index in [-0.39, 0.29) is 22.8 Å². The van der Waals surface area contributed by atoms with Crippen LogP contribution in [0.1, 0.15) is 21.7 Å². The van der Waals surface area contributed by atoms with Crippen molar-refractivity contribution in [1.29, 1.82) is 0 Å². The highest BCUT2D eigenvalue weighted by Crippen LogP contribution is 2.29. The Morgan fingerprint density at radius 1 is 1.29 bits per heavy atom. The van der Waals surface area contributed by atoms with E-state index in [0.29, 0.717) is 11.4 Å². The Hall–Kier alpha value is -3.33. The summed E-state index contributed by atoms with van der Waals surface area (Å²) in [5.74, 6) is 0.208. The number of rotatable bonds is 7. The molecule has 1 atom stereocenters. The number of imidazole rings is 1. The normalized spacial score (nSPS) is 11.8. The zero-order valence-corrected chi connectivity index (χ0v) is 16.1. The quantitative estimate of drug-likeness (QED) is 0.372. The second kappa shape index (κ2) is 8.13. The van der Waals surface area contributed by atoms with Gasteiger partial charge in [-0.3, -0.25) is 19.1 Å². The molecule has 0 fully saturated rings. The number of nitro benzene ring substituents is 1. The van der Waals surface area contributed by atoms with Crippen molar-refractivity contribution in [3.63, 3.8) is 0 Å². The fourth-order valence-corrected chi connectivity index (χ4v) is 3.42. The third-order valence-corrected chi connectivity index (χ3v) is 4.80. The lowest BCUT2D eigenvalue weighted by molar-refractivity contribution is -0.383. The number of hydrogen-bond acceptors (Lipinski definition) is 6. The fraction of sp³-hybridized carbons (Fsp3) is 0.158. The highest BCUT2D eigenvalue weighted by Gasteiger charge is 2.20. The predicted octanol–water partition coefficient (Wildman–Crippen LogP) is 3.18. The maximum atomic E-state index is 12.6. The van der Waals surface area contributed by atoms with E-state index in [0.717, 1.165) is 5.56 Å². The number of aromatic nitrogens is 2. The van der Waals surface area contributed by atoms with Gasteiger partial charge in [-0.25, -0.2) is 4.98 Å². The van der Waals surface area contributed by atoms with Gasteiger partial charge in [-0.2, -0.15) is 0 Å². The van der Waals surface area contributed by atoms with Crippen LogP contribution in [0, 0.1) is 10.1 Å². The molecule has 0 spiro atoms. The van der Waals surface area contributed by atoms with Crippen molar-refractivity contribution in [2.75, 3.05) is 11.6 Å². The SMILES string of the molecule is Cn1ccnc1C(=O)c1ccc(Nc2cccc(CS(C)=O)c2)c([N+](=O)[O-])c1. The van der Waals surface area contributed by atoms with Gasteiger partial charge in [-0.05, 0) is 29.8 Å². The lowest BCUT2D eigenvalue weighted by Gasteiger charge is -2.10. The Morgan fingerprint density at radius 2 is 2.07 bits per heavy atom. The van der Waals surface area contributed by atoms with Crippen molar-refractivity contribution < 1.29 is 13.9 Å². The van der Waals surface area contributed by atoms with Crippen molar-refractivity contribution in [2.45, 2.75) is 5.75 Å². The predicted molar refractivity (Wildman–Crippen MR) is 107 cm³/mol. The van der Waals surface area contributed by atoms with E-state index in [4.69, 9.17) is 0 Å². The standard InChI is InChI=1S/C19H18N4O4S/c1-22-9-8-20-19(22)18(24)14-6-7-16(17(11-14)23(25)26)21-15-5-3-4-13(10-15)12-28(2)27/h3-11,21H,12H2,1-2H3. The fourth-order valence-electron chi connectivity index (χ4n) is 2.77. The zero-order chi connectivity index (χ0) is 20.3. The number of nitro groups is 1. The summed E-state index contributed by atoms with van der Waals surface area (Å²) >= 11 is 0. The van der Waals surface area contributed by atoms with E-state index >= 15 is 0 Å². The number of carbonyl (C=O) groups excluding carboxylic acids is 1. The van der Waals surface area contributed by atoms with Crippen molar-refractivity contribution in [3.05, 3.63) is 81.9 Å². The van der Waals surface area contributed by atoms with Crippen LogP contribution >= 0.6 is 0 Å². The molecule has 1 aromatic heterocycles. The molecular formula is C19H18N4O4S. The second-order valence-corrected chi connectivity index (χ2v) is 7.66. The van der Waals surface area contributed by atoms with Gasteiger partial charge in [0.05, 0.1) is 4.92 Å². The molecule has 0 saturated carbocycles. The number of carbonyl (C=O) groups is 1. The summed E-state index contributed by atoms with van der Waals surface area (Å²) in [6, 6.07) is 11.4. The van der Waals surface area contributed by atoms with Gasteiger partial charge in [0.25, 0.3) is 5.69 Å². The number of benzene rings is 2. The third kappa shape index (κ3) is 4.32. The monoisotopic (exact) mass is 398 g/mol. The average molecular weight is 398 g/mol. The van der Waals surface area contributed by atoms with E-state index in [1.54, 1.807) is 42.3 Å². The molecule has 3 rings (SSSR count). The topological polar surface area (TPSA) is 107 Å². The molecule has 28 heavy (non-hydrogen) atoms. The lowest BCUT2D eigenvalue weighted by atomic mass is 10.1. The number of nitrogens with one attached hydrogen (secondary N) is 1. The first-order chi connectivity index (χ1) is 13.3. The number of nitrogens with zero attached hydrogens (tertiary/aromatic N) is 3. The molecule has 0 saturated heterocycles. The van der Waals surface area contributed by atoms with Crippen LogP contribution < -0.4 is 5.32 Å². The zero-order valence-electron chi connectivity index (χ0n) is 15.3. The molecule has 1 unspecified atom stereocenters.